The van der Waals surface area contributed by atoms with Gasteiger partial charge < -0.3 is 0 Å². The van der Waals surface area contributed by atoms with E-state index in [0.717, 1.165) is 25.7 Å². The van der Waals surface area contributed by atoms with Gasteiger partial charge in [-0.15, -0.1) is 0 Å². The van der Waals surface area contributed by atoms with Crippen molar-refractivity contribution in [1.29, 1.82) is 0 Å². The third-order valence-corrected chi connectivity index (χ3v) is 5.06. The summed E-state index contributed by atoms with van der Waals surface area (Å²) in [6.45, 7) is 7.62. The van der Waals surface area contributed by atoms with Crippen molar-refractivity contribution in [3.63, 3.8) is 0 Å². The summed E-state index contributed by atoms with van der Waals surface area (Å²) in [6.07, 6.45) is 3.54. The van der Waals surface area contributed by atoms with Crippen molar-refractivity contribution in [3.05, 3.63) is 0 Å². The van der Waals surface area contributed by atoms with E-state index >= 15 is 0 Å². The van der Waals surface area contributed by atoms with Gasteiger partial charge in [-0.05, 0) is 26.7 Å². The van der Waals surface area contributed by atoms with Crippen LogP contribution >= 0.6 is 0 Å². The number of hydrogen-bond acceptors (Lipinski definition) is 2. The Labute approximate surface area is 82.6 Å². The molecule has 0 saturated carbocycles. The van der Waals surface area contributed by atoms with E-state index in [0.29, 0.717) is 0 Å². The lowest BCUT2D eigenvalue weighted by atomic mass is 10.2. The topological polar surface area (TPSA) is 34.1 Å². The van der Waals surface area contributed by atoms with Gasteiger partial charge in [0.1, 0.15) is 0 Å². The Hall–Kier alpha value is -0.0500. The molecule has 3 heteroatoms. The number of sulfone groups is 1. The molecule has 0 aromatic heterocycles. The fourth-order valence-corrected chi connectivity index (χ4v) is 3.40. The maximum atomic E-state index is 11.8. The van der Waals surface area contributed by atoms with Crippen molar-refractivity contribution in [2.45, 2.75) is 63.9 Å². The Kier molecular flexibility index (Phi) is 5.61. The first-order chi connectivity index (χ1) is 5.96. The van der Waals surface area contributed by atoms with E-state index in [1.54, 1.807) is 13.8 Å². The molecule has 0 aliphatic heterocycles. The fourth-order valence-electron chi connectivity index (χ4n) is 1.50. The predicted molar refractivity (Wildman–Crippen MR) is 57.7 cm³/mol. The van der Waals surface area contributed by atoms with Gasteiger partial charge in [0.05, 0.1) is 10.5 Å². The fraction of sp³-hybridized carbons (Fsp3) is 1.00. The standard InChI is InChI=1S/C10H22O2S/c1-5-7-10(8-6-2)13(11,12)9(3)4/h9-10H,5-8H2,1-4H3. The van der Waals surface area contributed by atoms with Crippen LogP contribution < -0.4 is 0 Å². The summed E-state index contributed by atoms with van der Waals surface area (Å²) >= 11 is 0. The van der Waals surface area contributed by atoms with Crippen molar-refractivity contribution in [2.24, 2.45) is 0 Å². The van der Waals surface area contributed by atoms with Crippen molar-refractivity contribution in [2.75, 3.05) is 0 Å². The average Bonchev–Trinajstić information content (AvgIpc) is 2.03. The third-order valence-electron chi connectivity index (χ3n) is 2.34. The van der Waals surface area contributed by atoms with Gasteiger partial charge >= 0.3 is 0 Å². The maximum absolute atomic E-state index is 11.8. The van der Waals surface area contributed by atoms with E-state index in [-0.39, 0.29) is 10.5 Å². The molecule has 0 fully saturated rings. The van der Waals surface area contributed by atoms with Gasteiger partial charge in [-0.1, -0.05) is 26.7 Å². The molecule has 0 amide bonds. The van der Waals surface area contributed by atoms with Crippen molar-refractivity contribution in [1.82, 2.24) is 0 Å². The highest BCUT2D eigenvalue weighted by atomic mass is 32.2. The molecule has 0 saturated heterocycles. The third kappa shape index (κ3) is 3.67. The second-order valence-electron chi connectivity index (χ2n) is 3.84. The zero-order valence-corrected chi connectivity index (χ0v) is 10.0. The van der Waals surface area contributed by atoms with E-state index in [1.807, 2.05) is 13.8 Å². The summed E-state index contributed by atoms with van der Waals surface area (Å²) in [5, 5.41) is -0.335. The molecule has 0 aliphatic carbocycles. The lowest BCUT2D eigenvalue weighted by molar-refractivity contribution is 0.546. The Bertz CT molecular complexity index is 211. The normalized spacial score (nSPS) is 12.8. The van der Waals surface area contributed by atoms with Crippen molar-refractivity contribution < 1.29 is 8.42 Å². The minimum atomic E-state index is -2.86. The highest BCUT2D eigenvalue weighted by molar-refractivity contribution is 7.92. The van der Waals surface area contributed by atoms with Crippen LogP contribution in [0.5, 0.6) is 0 Å². The molecule has 80 valence electrons. The van der Waals surface area contributed by atoms with Gasteiger partial charge in [-0.2, -0.15) is 0 Å². The lowest BCUT2D eigenvalue weighted by Crippen LogP contribution is -2.28. The molecule has 0 aromatic rings. The highest BCUT2D eigenvalue weighted by Crippen LogP contribution is 2.18. The Morgan fingerprint density at radius 1 is 1.00 bits per heavy atom. The molecule has 0 spiro atoms. The zero-order valence-electron chi connectivity index (χ0n) is 9.21. The quantitative estimate of drug-likeness (QED) is 0.669. The number of hydrogen-bond donors (Lipinski definition) is 0. The van der Waals surface area contributed by atoms with Crippen LogP contribution in [-0.2, 0) is 9.84 Å². The molecule has 0 N–H and O–H groups in total. The summed E-state index contributed by atoms with van der Waals surface area (Å²) in [6, 6.07) is 0. The monoisotopic (exact) mass is 206 g/mol. The van der Waals surface area contributed by atoms with Crippen molar-refractivity contribution in [3.8, 4) is 0 Å². The predicted octanol–water partition coefficient (Wildman–Crippen LogP) is 2.78. The molecule has 0 heterocycles. The molecule has 0 unspecified atom stereocenters. The van der Waals surface area contributed by atoms with Gasteiger partial charge in [0.25, 0.3) is 0 Å². The van der Waals surface area contributed by atoms with Gasteiger partial charge in [-0.3, -0.25) is 0 Å². The van der Waals surface area contributed by atoms with Crippen LogP contribution in [0.1, 0.15) is 53.4 Å². The highest BCUT2D eigenvalue weighted by Gasteiger charge is 2.26. The van der Waals surface area contributed by atoms with Crippen LogP contribution in [0.25, 0.3) is 0 Å². The maximum Gasteiger partial charge on any atom is 0.155 e. The van der Waals surface area contributed by atoms with Crippen molar-refractivity contribution >= 4 is 9.84 Å². The van der Waals surface area contributed by atoms with E-state index in [4.69, 9.17) is 0 Å². The molecule has 0 rings (SSSR count). The molecule has 0 aromatic carbocycles. The van der Waals surface area contributed by atoms with Crippen LogP contribution in [0.2, 0.25) is 0 Å². The smallest absolute Gasteiger partial charge is 0.155 e. The van der Waals surface area contributed by atoms with E-state index in [2.05, 4.69) is 0 Å². The molecular formula is C10H22O2S. The largest absolute Gasteiger partial charge is 0.228 e. The van der Waals surface area contributed by atoms with Crippen LogP contribution in [0, 0.1) is 0 Å². The van der Waals surface area contributed by atoms with E-state index in [1.165, 1.54) is 0 Å². The molecule has 0 atom stereocenters. The molecule has 13 heavy (non-hydrogen) atoms. The van der Waals surface area contributed by atoms with Gasteiger partial charge in [-0.25, -0.2) is 8.42 Å². The van der Waals surface area contributed by atoms with Crippen LogP contribution in [0.15, 0.2) is 0 Å². The lowest BCUT2D eigenvalue weighted by Gasteiger charge is -2.18. The molecule has 0 bridgehead atoms. The minimum Gasteiger partial charge on any atom is -0.228 e. The summed E-state index contributed by atoms with van der Waals surface area (Å²) in [5.41, 5.74) is 0. The molecule has 2 nitrogen and oxygen atoms in total. The number of rotatable bonds is 6. The van der Waals surface area contributed by atoms with Gasteiger partial charge in [0.2, 0.25) is 0 Å². The van der Waals surface area contributed by atoms with E-state index < -0.39 is 9.84 Å². The van der Waals surface area contributed by atoms with Crippen LogP contribution in [0.3, 0.4) is 0 Å². The Morgan fingerprint density at radius 2 is 1.38 bits per heavy atom. The second-order valence-corrected chi connectivity index (χ2v) is 6.62. The molecule has 0 aliphatic rings. The van der Waals surface area contributed by atoms with Gasteiger partial charge in [0.15, 0.2) is 9.84 Å². The SMILES string of the molecule is CCCC(CCC)S(=O)(=O)C(C)C. The first-order valence-corrected chi connectivity index (χ1v) is 6.80. The van der Waals surface area contributed by atoms with Crippen LogP contribution in [0.4, 0.5) is 0 Å². The van der Waals surface area contributed by atoms with Crippen LogP contribution in [-0.4, -0.2) is 18.9 Å². The Morgan fingerprint density at radius 3 is 1.62 bits per heavy atom. The minimum absolute atomic E-state index is 0.109. The average molecular weight is 206 g/mol. The summed E-state index contributed by atoms with van der Waals surface area (Å²) in [7, 11) is -2.86. The summed E-state index contributed by atoms with van der Waals surface area (Å²) < 4.78 is 23.6. The first kappa shape index (κ1) is 12.9. The summed E-state index contributed by atoms with van der Waals surface area (Å²) in [5.74, 6) is 0. The van der Waals surface area contributed by atoms with E-state index in [9.17, 15) is 8.42 Å². The first-order valence-electron chi connectivity index (χ1n) is 5.19. The molecular weight excluding hydrogens is 184 g/mol. The Balaban J connectivity index is 4.52. The summed E-state index contributed by atoms with van der Waals surface area (Å²) in [4.78, 5) is 0. The zero-order chi connectivity index (χ0) is 10.5. The van der Waals surface area contributed by atoms with Gasteiger partial charge in [0, 0.05) is 0 Å². The molecule has 0 radical (unpaired) electrons. The second kappa shape index (κ2) is 5.63.